The highest BCUT2D eigenvalue weighted by molar-refractivity contribution is 7.12. The smallest absolute Gasteiger partial charge is 0.256 e. The van der Waals surface area contributed by atoms with E-state index in [1.165, 1.54) is 17.4 Å². The van der Waals surface area contributed by atoms with Crippen LogP contribution in [0.1, 0.15) is 25.5 Å². The molecule has 0 N–H and O–H groups in total. The topological polar surface area (TPSA) is 34.9 Å². The first kappa shape index (κ1) is 10.1. The van der Waals surface area contributed by atoms with Crippen molar-refractivity contribution in [2.75, 3.05) is 0 Å². The lowest BCUT2D eigenvalue weighted by Gasteiger charge is -1.99. The van der Waals surface area contributed by atoms with Crippen molar-refractivity contribution >= 4 is 11.3 Å². The first-order chi connectivity index (χ1) is 7.18. The van der Waals surface area contributed by atoms with Crippen molar-refractivity contribution in [2.24, 2.45) is 0 Å². The van der Waals surface area contributed by atoms with Crippen molar-refractivity contribution in [3.8, 4) is 5.13 Å². The Kier molecular flexibility index (Phi) is 2.68. The Morgan fingerprint density at radius 2 is 2.20 bits per heavy atom. The molecule has 0 aliphatic rings. The standard InChI is InChI=1S/C11H12N2OS/c1-8(2)9-7-15-11(12-9)13-6-4-3-5-10(13)14/h3-8H,1-2H3. The van der Waals surface area contributed by atoms with Gasteiger partial charge in [0.25, 0.3) is 5.56 Å². The highest BCUT2D eigenvalue weighted by Gasteiger charge is 2.07. The fourth-order valence-electron chi connectivity index (χ4n) is 1.24. The Balaban J connectivity index is 2.47. The van der Waals surface area contributed by atoms with Gasteiger partial charge < -0.3 is 0 Å². The largest absolute Gasteiger partial charge is 0.269 e. The molecule has 0 aliphatic heterocycles. The highest BCUT2D eigenvalue weighted by Crippen LogP contribution is 2.19. The van der Waals surface area contributed by atoms with Gasteiger partial charge in [-0.1, -0.05) is 19.9 Å². The molecule has 0 fully saturated rings. The first-order valence-corrected chi connectivity index (χ1v) is 5.70. The summed E-state index contributed by atoms with van der Waals surface area (Å²) >= 11 is 1.50. The van der Waals surface area contributed by atoms with Gasteiger partial charge in [-0.25, -0.2) is 4.98 Å². The SMILES string of the molecule is CC(C)c1csc(-n2ccccc2=O)n1. The zero-order valence-electron chi connectivity index (χ0n) is 8.68. The molecule has 2 aromatic rings. The minimum absolute atomic E-state index is 0.0397. The van der Waals surface area contributed by atoms with Gasteiger partial charge in [0, 0.05) is 17.6 Å². The van der Waals surface area contributed by atoms with Crippen LogP contribution in [0.4, 0.5) is 0 Å². The summed E-state index contributed by atoms with van der Waals surface area (Å²) in [6, 6.07) is 5.10. The quantitative estimate of drug-likeness (QED) is 0.779. The van der Waals surface area contributed by atoms with Crippen LogP contribution in [0.5, 0.6) is 0 Å². The summed E-state index contributed by atoms with van der Waals surface area (Å²) in [4.78, 5) is 16.0. The van der Waals surface area contributed by atoms with E-state index < -0.39 is 0 Å². The number of nitrogens with zero attached hydrogens (tertiary/aromatic N) is 2. The molecule has 2 rings (SSSR count). The van der Waals surface area contributed by atoms with Gasteiger partial charge in [0.15, 0.2) is 5.13 Å². The molecule has 0 bridgehead atoms. The number of thiazole rings is 1. The summed E-state index contributed by atoms with van der Waals surface area (Å²) in [6.07, 6.45) is 1.74. The molecule has 0 aliphatic carbocycles. The third-order valence-corrected chi connectivity index (χ3v) is 2.99. The Hall–Kier alpha value is -1.42. The lowest BCUT2D eigenvalue weighted by molar-refractivity contribution is 0.821. The van der Waals surface area contributed by atoms with E-state index in [-0.39, 0.29) is 5.56 Å². The Morgan fingerprint density at radius 1 is 1.40 bits per heavy atom. The van der Waals surface area contributed by atoms with Crippen LogP contribution < -0.4 is 5.56 Å². The highest BCUT2D eigenvalue weighted by atomic mass is 32.1. The summed E-state index contributed by atoms with van der Waals surface area (Å²) in [5, 5.41) is 2.74. The number of hydrogen-bond donors (Lipinski definition) is 0. The minimum Gasteiger partial charge on any atom is -0.269 e. The Bertz CT molecular complexity index is 513. The van der Waals surface area contributed by atoms with Crippen molar-refractivity contribution < 1.29 is 0 Å². The number of rotatable bonds is 2. The molecule has 4 heteroatoms. The van der Waals surface area contributed by atoms with Gasteiger partial charge in [0.1, 0.15) is 0 Å². The van der Waals surface area contributed by atoms with Gasteiger partial charge in [0.05, 0.1) is 5.69 Å². The van der Waals surface area contributed by atoms with E-state index in [4.69, 9.17) is 0 Å². The average molecular weight is 220 g/mol. The summed E-state index contributed by atoms with van der Waals surface area (Å²) in [5.74, 6) is 0.398. The molecule has 0 saturated heterocycles. The van der Waals surface area contributed by atoms with Gasteiger partial charge >= 0.3 is 0 Å². The van der Waals surface area contributed by atoms with E-state index in [1.807, 2.05) is 11.4 Å². The molecule has 3 nitrogen and oxygen atoms in total. The average Bonchev–Trinajstić information content (AvgIpc) is 2.67. The summed E-state index contributed by atoms with van der Waals surface area (Å²) in [6.45, 7) is 4.18. The van der Waals surface area contributed by atoms with E-state index in [2.05, 4.69) is 18.8 Å². The van der Waals surface area contributed by atoms with E-state index >= 15 is 0 Å². The van der Waals surface area contributed by atoms with Crippen LogP contribution in [0.15, 0.2) is 34.6 Å². The summed E-state index contributed by atoms with van der Waals surface area (Å²) in [7, 11) is 0. The van der Waals surface area contributed by atoms with Crippen molar-refractivity contribution in [1.29, 1.82) is 0 Å². The molecule has 0 saturated carbocycles. The number of pyridine rings is 1. The predicted molar refractivity (Wildman–Crippen MR) is 61.8 cm³/mol. The Morgan fingerprint density at radius 3 is 2.80 bits per heavy atom. The van der Waals surface area contributed by atoms with Crippen LogP contribution in [0.3, 0.4) is 0 Å². The molecule has 0 spiro atoms. The summed E-state index contributed by atoms with van der Waals surface area (Å²) in [5.41, 5.74) is 0.993. The van der Waals surface area contributed by atoms with Crippen LogP contribution in [0, 0.1) is 0 Å². The Labute approximate surface area is 92.0 Å². The molecule has 15 heavy (non-hydrogen) atoms. The van der Waals surface area contributed by atoms with Crippen molar-refractivity contribution in [2.45, 2.75) is 19.8 Å². The fourth-order valence-corrected chi connectivity index (χ4v) is 2.21. The summed E-state index contributed by atoms with van der Waals surface area (Å²) < 4.78 is 1.57. The van der Waals surface area contributed by atoms with E-state index in [0.29, 0.717) is 5.92 Å². The second kappa shape index (κ2) is 3.98. The molecular formula is C11H12N2OS. The van der Waals surface area contributed by atoms with Crippen LogP contribution in [-0.2, 0) is 0 Å². The van der Waals surface area contributed by atoms with Crippen LogP contribution >= 0.6 is 11.3 Å². The monoisotopic (exact) mass is 220 g/mol. The third kappa shape index (κ3) is 1.99. The van der Waals surface area contributed by atoms with Gasteiger partial charge in [-0.3, -0.25) is 9.36 Å². The lowest BCUT2D eigenvalue weighted by atomic mass is 10.2. The van der Waals surface area contributed by atoms with Crippen molar-refractivity contribution in [1.82, 2.24) is 9.55 Å². The molecule has 2 heterocycles. The van der Waals surface area contributed by atoms with Gasteiger partial charge in [-0.15, -0.1) is 11.3 Å². The van der Waals surface area contributed by atoms with Gasteiger partial charge in [-0.05, 0) is 12.0 Å². The third-order valence-electron chi connectivity index (χ3n) is 2.13. The maximum atomic E-state index is 11.5. The van der Waals surface area contributed by atoms with E-state index in [1.54, 1.807) is 16.8 Å². The fraction of sp³-hybridized carbons (Fsp3) is 0.273. The molecule has 0 aromatic carbocycles. The molecule has 2 aromatic heterocycles. The molecule has 78 valence electrons. The van der Waals surface area contributed by atoms with Crippen molar-refractivity contribution in [3.63, 3.8) is 0 Å². The molecular weight excluding hydrogens is 208 g/mol. The first-order valence-electron chi connectivity index (χ1n) is 4.82. The van der Waals surface area contributed by atoms with E-state index in [9.17, 15) is 4.79 Å². The molecule has 0 unspecified atom stereocenters. The zero-order chi connectivity index (χ0) is 10.8. The van der Waals surface area contributed by atoms with Crippen molar-refractivity contribution in [3.05, 3.63) is 45.8 Å². The number of aromatic nitrogens is 2. The minimum atomic E-state index is -0.0397. The van der Waals surface area contributed by atoms with Crippen LogP contribution in [0.25, 0.3) is 5.13 Å². The van der Waals surface area contributed by atoms with Crippen LogP contribution in [0.2, 0.25) is 0 Å². The number of hydrogen-bond acceptors (Lipinski definition) is 3. The zero-order valence-corrected chi connectivity index (χ0v) is 9.49. The normalized spacial score (nSPS) is 10.9. The maximum absolute atomic E-state index is 11.5. The second-order valence-electron chi connectivity index (χ2n) is 3.62. The molecule has 0 radical (unpaired) electrons. The van der Waals surface area contributed by atoms with Gasteiger partial charge in [0.2, 0.25) is 0 Å². The van der Waals surface area contributed by atoms with Crippen LogP contribution in [-0.4, -0.2) is 9.55 Å². The lowest BCUT2D eigenvalue weighted by Crippen LogP contribution is -2.15. The second-order valence-corrected chi connectivity index (χ2v) is 4.46. The van der Waals surface area contributed by atoms with E-state index in [0.717, 1.165) is 10.8 Å². The molecule has 0 amide bonds. The maximum Gasteiger partial charge on any atom is 0.256 e. The molecule has 0 atom stereocenters. The predicted octanol–water partition coefficient (Wildman–Crippen LogP) is 2.42. The van der Waals surface area contributed by atoms with Gasteiger partial charge in [-0.2, -0.15) is 0 Å².